The van der Waals surface area contributed by atoms with Crippen LogP contribution in [0.1, 0.15) is 33.9 Å². The van der Waals surface area contributed by atoms with Gasteiger partial charge >= 0.3 is 0 Å². The average Bonchev–Trinajstić information content (AvgIpc) is 3.31. The lowest BCUT2D eigenvalue weighted by molar-refractivity contribution is 0.0626. The van der Waals surface area contributed by atoms with Gasteiger partial charge in [0.2, 0.25) is 0 Å². The van der Waals surface area contributed by atoms with E-state index in [1.807, 2.05) is 53.4 Å². The van der Waals surface area contributed by atoms with E-state index in [-0.39, 0.29) is 5.91 Å². The van der Waals surface area contributed by atoms with Crippen LogP contribution in [0.4, 0.5) is 5.82 Å². The van der Waals surface area contributed by atoms with E-state index in [0.717, 1.165) is 76.8 Å². The van der Waals surface area contributed by atoms with E-state index in [0.29, 0.717) is 25.5 Å². The molecule has 1 aliphatic carbocycles. The molecule has 0 unspecified atom stereocenters. The zero-order valence-corrected chi connectivity index (χ0v) is 18.5. The Hall–Kier alpha value is -3.58. The van der Waals surface area contributed by atoms with Crippen LogP contribution in [0, 0.1) is 0 Å². The van der Waals surface area contributed by atoms with Crippen LogP contribution < -0.4 is 5.73 Å². The van der Waals surface area contributed by atoms with Crippen LogP contribution in [0.3, 0.4) is 0 Å². The highest BCUT2D eigenvalue weighted by molar-refractivity contribution is 6.07. The van der Waals surface area contributed by atoms with Crippen LogP contribution in [0.2, 0.25) is 0 Å². The molecular formula is C26H26N6O. The van der Waals surface area contributed by atoms with Gasteiger partial charge in [-0.3, -0.25) is 14.7 Å². The van der Waals surface area contributed by atoms with Crippen molar-refractivity contribution >= 4 is 33.5 Å². The molecule has 3 heterocycles. The lowest BCUT2D eigenvalue weighted by Gasteiger charge is -2.35. The maximum Gasteiger partial charge on any atom is 0.254 e. The Kier molecular flexibility index (Phi) is 4.91. The van der Waals surface area contributed by atoms with E-state index in [2.05, 4.69) is 14.9 Å². The number of piperazine rings is 1. The number of nitrogens with two attached hydrogens (primary N) is 1. The summed E-state index contributed by atoms with van der Waals surface area (Å²) in [6.07, 6.45) is 2.97. The van der Waals surface area contributed by atoms with Gasteiger partial charge in [-0.25, -0.2) is 9.97 Å². The first-order chi connectivity index (χ1) is 16.2. The number of benzene rings is 2. The molecule has 0 bridgehead atoms. The van der Waals surface area contributed by atoms with Gasteiger partial charge in [0.15, 0.2) is 0 Å². The lowest BCUT2D eigenvalue weighted by Crippen LogP contribution is -2.48. The molecule has 4 aromatic rings. The monoisotopic (exact) mass is 438 g/mol. The predicted molar refractivity (Wildman–Crippen MR) is 129 cm³/mol. The molecule has 1 saturated heterocycles. The van der Waals surface area contributed by atoms with E-state index < -0.39 is 0 Å². The number of hydrogen-bond donors (Lipinski definition) is 1. The Morgan fingerprint density at radius 2 is 1.55 bits per heavy atom. The van der Waals surface area contributed by atoms with Crippen molar-refractivity contribution in [3.8, 4) is 0 Å². The molecule has 2 N–H and O–H groups in total. The Morgan fingerprint density at radius 1 is 0.848 bits per heavy atom. The topological polar surface area (TPSA) is 88.2 Å². The number of hydrogen-bond acceptors (Lipinski definition) is 6. The predicted octanol–water partition coefficient (Wildman–Crippen LogP) is 3.21. The summed E-state index contributed by atoms with van der Waals surface area (Å²) in [4.78, 5) is 32.0. The van der Waals surface area contributed by atoms with Gasteiger partial charge < -0.3 is 10.6 Å². The smallest absolute Gasteiger partial charge is 0.254 e. The zero-order chi connectivity index (χ0) is 22.4. The van der Waals surface area contributed by atoms with E-state index in [1.54, 1.807) is 0 Å². The molecule has 2 aromatic carbocycles. The van der Waals surface area contributed by atoms with Crippen molar-refractivity contribution in [3.05, 3.63) is 71.2 Å². The number of rotatable bonds is 3. The molecule has 6 rings (SSSR count). The Morgan fingerprint density at radius 3 is 2.33 bits per heavy atom. The third-order valence-corrected chi connectivity index (χ3v) is 6.84. The second-order valence-electron chi connectivity index (χ2n) is 8.89. The van der Waals surface area contributed by atoms with Gasteiger partial charge in [0.25, 0.3) is 5.91 Å². The van der Waals surface area contributed by atoms with Gasteiger partial charge in [-0.1, -0.05) is 30.3 Å². The summed E-state index contributed by atoms with van der Waals surface area (Å²) in [6.45, 7) is 3.57. The lowest BCUT2D eigenvalue weighted by atomic mass is 9.99. The number of carbonyl (C=O) groups excluding carboxylic acids is 1. The van der Waals surface area contributed by atoms with E-state index in [4.69, 9.17) is 10.7 Å². The van der Waals surface area contributed by atoms with Crippen molar-refractivity contribution in [2.75, 3.05) is 31.9 Å². The molecule has 1 fully saturated rings. The minimum atomic E-state index is 0.137. The van der Waals surface area contributed by atoms with Crippen molar-refractivity contribution in [1.82, 2.24) is 24.8 Å². The van der Waals surface area contributed by atoms with Gasteiger partial charge in [-0.15, -0.1) is 0 Å². The van der Waals surface area contributed by atoms with Gasteiger partial charge in [-0.05, 0) is 43.0 Å². The van der Waals surface area contributed by atoms with Crippen molar-refractivity contribution < 1.29 is 4.79 Å². The maximum absolute atomic E-state index is 13.7. The molecule has 2 aliphatic rings. The molecular weight excluding hydrogens is 412 g/mol. The summed E-state index contributed by atoms with van der Waals surface area (Å²) < 4.78 is 0. The van der Waals surface area contributed by atoms with Crippen LogP contribution in [0.25, 0.3) is 21.8 Å². The SMILES string of the molecule is Nc1nc(CN2CCN(C(=O)c3c4c(nc5ccccc35)CCC4)CC2)nc2ccccc12. The first-order valence-corrected chi connectivity index (χ1v) is 11.6. The minimum Gasteiger partial charge on any atom is -0.383 e. The van der Waals surface area contributed by atoms with Crippen LogP contribution in [0.5, 0.6) is 0 Å². The highest BCUT2D eigenvalue weighted by atomic mass is 16.2. The molecule has 0 radical (unpaired) electrons. The molecule has 0 spiro atoms. The number of para-hydroxylation sites is 2. The van der Waals surface area contributed by atoms with Gasteiger partial charge in [0.05, 0.1) is 23.1 Å². The fraction of sp³-hybridized carbons (Fsp3) is 0.308. The molecule has 2 aromatic heterocycles. The molecule has 1 aliphatic heterocycles. The molecule has 7 nitrogen and oxygen atoms in total. The normalized spacial score (nSPS) is 16.4. The van der Waals surface area contributed by atoms with Gasteiger partial charge in [0, 0.05) is 42.6 Å². The number of pyridine rings is 1. The van der Waals surface area contributed by atoms with Crippen LogP contribution in [-0.2, 0) is 19.4 Å². The summed E-state index contributed by atoms with van der Waals surface area (Å²) >= 11 is 0. The number of fused-ring (bicyclic) bond motifs is 3. The average molecular weight is 439 g/mol. The number of anilines is 1. The third-order valence-electron chi connectivity index (χ3n) is 6.84. The molecule has 0 atom stereocenters. The fourth-order valence-electron chi connectivity index (χ4n) is 5.14. The number of amides is 1. The summed E-state index contributed by atoms with van der Waals surface area (Å²) in [5.41, 5.74) is 11.1. The maximum atomic E-state index is 13.7. The Bertz CT molecular complexity index is 1380. The van der Waals surface area contributed by atoms with E-state index >= 15 is 0 Å². The Labute approximate surface area is 192 Å². The summed E-state index contributed by atoms with van der Waals surface area (Å²) in [6, 6.07) is 15.8. The van der Waals surface area contributed by atoms with Gasteiger partial charge in [-0.2, -0.15) is 0 Å². The second kappa shape index (κ2) is 8.08. The fourth-order valence-corrected chi connectivity index (χ4v) is 5.14. The quantitative estimate of drug-likeness (QED) is 0.528. The van der Waals surface area contributed by atoms with Crippen molar-refractivity contribution in [2.45, 2.75) is 25.8 Å². The number of carbonyl (C=O) groups is 1. The first-order valence-electron chi connectivity index (χ1n) is 11.6. The molecule has 33 heavy (non-hydrogen) atoms. The Balaban J connectivity index is 1.20. The minimum absolute atomic E-state index is 0.137. The van der Waals surface area contributed by atoms with E-state index in [1.165, 1.54) is 0 Å². The third kappa shape index (κ3) is 3.58. The molecule has 0 saturated carbocycles. The summed E-state index contributed by atoms with van der Waals surface area (Å²) in [5, 5.41) is 1.86. The molecule has 1 amide bonds. The number of nitrogen functional groups attached to an aromatic ring is 1. The summed E-state index contributed by atoms with van der Waals surface area (Å²) in [7, 11) is 0. The molecule has 166 valence electrons. The standard InChI is InChI=1S/C26H26N6O/c27-25-19-7-2-4-10-22(19)29-23(30-25)16-31-12-14-32(15-13-31)26(33)24-17-6-1-3-9-20(17)28-21-11-5-8-18(21)24/h1-4,6-7,9-10H,5,8,11-16H2,(H2,27,29,30). The number of nitrogens with zero attached hydrogens (tertiary/aromatic N) is 5. The number of aromatic nitrogens is 3. The summed E-state index contributed by atoms with van der Waals surface area (Å²) in [5.74, 6) is 1.38. The van der Waals surface area contributed by atoms with Gasteiger partial charge in [0.1, 0.15) is 11.6 Å². The van der Waals surface area contributed by atoms with Crippen molar-refractivity contribution in [2.24, 2.45) is 0 Å². The van der Waals surface area contributed by atoms with E-state index in [9.17, 15) is 4.79 Å². The second-order valence-corrected chi connectivity index (χ2v) is 8.89. The highest BCUT2D eigenvalue weighted by Crippen LogP contribution is 2.31. The van der Waals surface area contributed by atoms with Crippen LogP contribution in [-0.4, -0.2) is 56.8 Å². The van der Waals surface area contributed by atoms with Crippen LogP contribution >= 0.6 is 0 Å². The highest BCUT2D eigenvalue weighted by Gasteiger charge is 2.29. The first kappa shape index (κ1) is 20.1. The zero-order valence-electron chi connectivity index (χ0n) is 18.5. The largest absolute Gasteiger partial charge is 0.383 e. The van der Waals surface area contributed by atoms with Crippen molar-refractivity contribution in [3.63, 3.8) is 0 Å². The molecule has 7 heteroatoms. The van der Waals surface area contributed by atoms with Crippen molar-refractivity contribution in [1.29, 1.82) is 0 Å². The van der Waals surface area contributed by atoms with Crippen LogP contribution in [0.15, 0.2) is 48.5 Å². The number of aryl methyl sites for hydroxylation is 1.